The number of allylic oxidation sites excluding steroid dienone is 2. The average Bonchev–Trinajstić information content (AvgIpc) is 2.65. The third-order valence-electron chi connectivity index (χ3n) is 4.13. The van der Waals surface area contributed by atoms with Crippen LogP contribution in [0.25, 0.3) is 22.2 Å². The van der Waals surface area contributed by atoms with Gasteiger partial charge in [-0.3, -0.25) is 9.78 Å². The Morgan fingerprint density at radius 3 is 2.47 bits per heavy atom. The molecule has 0 saturated carbocycles. The quantitative estimate of drug-likeness (QED) is 0.215. The summed E-state index contributed by atoms with van der Waals surface area (Å²) in [7, 11) is 0. The molecule has 3 aromatic rings. The summed E-state index contributed by atoms with van der Waals surface area (Å²) in [6.45, 7) is 6.79. The van der Waals surface area contributed by atoms with Gasteiger partial charge in [0.05, 0.1) is 11.3 Å². The van der Waals surface area contributed by atoms with Crippen molar-refractivity contribution in [2.75, 3.05) is 0 Å². The fourth-order valence-corrected chi connectivity index (χ4v) is 3.12. The van der Waals surface area contributed by atoms with Gasteiger partial charge in [-0.15, -0.1) is 34.9 Å². The molecule has 1 aromatic heterocycles. The summed E-state index contributed by atoms with van der Waals surface area (Å²) in [6, 6.07) is 17.6. The SMILES string of the molecule is CC(=O)/C=C(/C)O.[2H]C([2H])([2H])C(C)Cc1ccc2ccc(-c3[c-]c(C)cc(C)c3)nc2c1.[Ir]. The number of rotatable bonds is 4. The minimum absolute atomic E-state index is 0. The van der Waals surface area contributed by atoms with Crippen LogP contribution in [0.4, 0.5) is 0 Å². The van der Waals surface area contributed by atoms with Crippen LogP contribution in [-0.2, 0) is 31.3 Å². The molecule has 3 rings (SSSR count). The first-order valence-electron chi connectivity index (χ1n) is 11.1. The second kappa shape index (κ2) is 11.8. The summed E-state index contributed by atoms with van der Waals surface area (Å²) in [5, 5.41) is 9.42. The van der Waals surface area contributed by atoms with Crippen LogP contribution in [0.2, 0.25) is 0 Å². The smallest absolute Gasteiger partial charge is 0.155 e. The van der Waals surface area contributed by atoms with Gasteiger partial charge in [-0.2, -0.15) is 0 Å². The molecule has 1 radical (unpaired) electrons. The maximum atomic E-state index is 10.0. The minimum Gasteiger partial charge on any atom is -0.512 e. The van der Waals surface area contributed by atoms with Gasteiger partial charge < -0.3 is 5.11 Å². The van der Waals surface area contributed by atoms with Gasteiger partial charge in [0, 0.05) is 30.3 Å². The van der Waals surface area contributed by atoms with Gasteiger partial charge in [0.15, 0.2) is 5.78 Å². The van der Waals surface area contributed by atoms with Crippen molar-refractivity contribution in [3.05, 3.63) is 77.1 Å². The van der Waals surface area contributed by atoms with Crippen molar-refractivity contribution in [1.82, 2.24) is 4.98 Å². The average molecular weight is 584 g/mol. The number of benzene rings is 2. The molecule has 161 valence electrons. The summed E-state index contributed by atoms with van der Waals surface area (Å²) in [6.07, 6.45) is 1.69. The molecule has 0 aliphatic rings. The molecule has 0 spiro atoms. The van der Waals surface area contributed by atoms with Gasteiger partial charge >= 0.3 is 0 Å². The molecule has 0 fully saturated rings. The van der Waals surface area contributed by atoms with E-state index in [0.29, 0.717) is 6.42 Å². The van der Waals surface area contributed by atoms with Gasteiger partial charge in [0.25, 0.3) is 0 Å². The molecule has 3 nitrogen and oxygen atoms in total. The largest absolute Gasteiger partial charge is 0.512 e. The summed E-state index contributed by atoms with van der Waals surface area (Å²) < 4.78 is 22.7. The number of ketones is 1. The summed E-state index contributed by atoms with van der Waals surface area (Å²) in [5.74, 6) is -0.437. The van der Waals surface area contributed by atoms with Crippen LogP contribution >= 0.6 is 0 Å². The van der Waals surface area contributed by atoms with Crippen LogP contribution in [0.5, 0.6) is 0 Å². The number of nitrogens with zero attached hydrogens (tertiary/aromatic N) is 1. The van der Waals surface area contributed by atoms with E-state index < -0.39 is 6.85 Å². The number of hydrogen-bond donors (Lipinski definition) is 1. The summed E-state index contributed by atoms with van der Waals surface area (Å²) >= 11 is 0. The number of carbonyl (C=O) groups excluding carboxylic acids is 1. The second-order valence-corrected chi connectivity index (χ2v) is 7.48. The molecule has 1 N–H and O–H groups in total. The number of hydrogen-bond acceptors (Lipinski definition) is 3. The molecule has 0 bridgehead atoms. The number of carbonyl (C=O) groups is 1. The van der Waals surface area contributed by atoms with Crippen LogP contribution in [-0.4, -0.2) is 15.9 Å². The Hall–Kier alpha value is -2.29. The topological polar surface area (TPSA) is 50.2 Å². The Bertz CT molecular complexity index is 1120. The minimum atomic E-state index is -1.93. The van der Waals surface area contributed by atoms with E-state index in [4.69, 9.17) is 14.2 Å². The van der Waals surface area contributed by atoms with Crippen molar-refractivity contribution in [1.29, 1.82) is 0 Å². The van der Waals surface area contributed by atoms with Crippen molar-refractivity contribution >= 4 is 16.7 Å². The maximum Gasteiger partial charge on any atom is 0.155 e. The monoisotopic (exact) mass is 584 g/mol. The van der Waals surface area contributed by atoms with Crippen molar-refractivity contribution < 1.29 is 34.1 Å². The molecule has 1 atom stereocenters. The normalized spacial score (nSPS) is 13.8. The van der Waals surface area contributed by atoms with Gasteiger partial charge in [-0.25, -0.2) is 0 Å². The van der Waals surface area contributed by atoms with Crippen LogP contribution in [0, 0.1) is 25.8 Å². The van der Waals surface area contributed by atoms with Crippen LogP contribution < -0.4 is 0 Å². The van der Waals surface area contributed by atoms with Gasteiger partial charge in [0.2, 0.25) is 0 Å². The van der Waals surface area contributed by atoms with Crippen molar-refractivity contribution in [3.63, 3.8) is 0 Å². The fourth-order valence-electron chi connectivity index (χ4n) is 3.12. The van der Waals surface area contributed by atoms with Crippen molar-refractivity contribution in [2.45, 2.75) is 47.9 Å². The van der Waals surface area contributed by atoms with E-state index in [0.717, 1.165) is 33.3 Å². The van der Waals surface area contributed by atoms with E-state index in [-0.39, 0.29) is 37.6 Å². The zero-order valence-corrected chi connectivity index (χ0v) is 20.4. The number of aliphatic hydroxyl groups excluding tert-OH is 1. The Kier molecular flexibility index (Phi) is 8.23. The molecule has 0 saturated heterocycles. The number of aryl methyl sites for hydroxylation is 2. The Balaban J connectivity index is 0.000000595. The molecule has 1 unspecified atom stereocenters. The van der Waals surface area contributed by atoms with E-state index in [1.165, 1.54) is 25.5 Å². The third kappa shape index (κ3) is 8.22. The predicted octanol–water partition coefficient (Wildman–Crippen LogP) is 6.55. The first-order valence-corrected chi connectivity index (χ1v) is 9.63. The first-order chi connectivity index (χ1) is 14.8. The van der Waals surface area contributed by atoms with E-state index >= 15 is 0 Å². The van der Waals surface area contributed by atoms with Gasteiger partial charge in [-0.1, -0.05) is 51.9 Å². The van der Waals surface area contributed by atoms with E-state index in [1.807, 2.05) is 31.2 Å². The maximum absolute atomic E-state index is 10.0. The summed E-state index contributed by atoms with van der Waals surface area (Å²) in [4.78, 5) is 14.8. The zero-order valence-electron chi connectivity index (χ0n) is 21.0. The molecule has 0 aliphatic carbocycles. The molecule has 4 heteroatoms. The number of aliphatic hydroxyl groups is 1. The van der Waals surface area contributed by atoms with E-state index in [1.54, 1.807) is 6.92 Å². The van der Waals surface area contributed by atoms with Gasteiger partial charge in [0.1, 0.15) is 0 Å². The number of fused-ring (bicyclic) bond motifs is 1. The summed E-state index contributed by atoms with van der Waals surface area (Å²) in [5.41, 5.74) is 6.05. The first kappa shape index (κ1) is 21.0. The Morgan fingerprint density at radius 1 is 1.20 bits per heavy atom. The number of aromatic nitrogens is 1. The van der Waals surface area contributed by atoms with Crippen LogP contribution in [0.1, 0.15) is 48.4 Å². The fraction of sp³-hybridized carbons (Fsp3) is 0.308. The third-order valence-corrected chi connectivity index (χ3v) is 4.13. The zero-order chi connectivity index (χ0) is 24.1. The molecular weight excluding hydrogens is 551 g/mol. The second-order valence-electron chi connectivity index (χ2n) is 7.48. The van der Waals surface area contributed by atoms with Crippen LogP contribution in [0.15, 0.2) is 54.3 Å². The van der Waals surface area contributed by atoms with Crippen molar-refractivity contribution in [2.24, 2.45) is 5.92 Å². The Morgan fingerprint density at radius 2 is 1.90 bits per heavy atom. The van der Waals surface area contributed by atoms with Crippen LogP contribution in [0.3, 0.4) is 0 Å². The van der Waals surface area contributed by atoms with Gasteiger partial charge in [-0.05, 0) is 48.9 Å². The van der Waals surface area contributed by atoms with E-state index in [9.17, 15) is 4.79 Å². The predicted molar refractivity (Wildman–Crippen MR) is 121 cm³/mol. The Labute approximate surface area is 197 Å². The standard InChI is InChI=1S/C21H22N.C5H8O2.Ir/c1-14(2)9-17-5-6-18-7-8-20(22-21(18)13-17)19-11-15(3)10-16(4)12-19;1-4(6)3-5(2)7;/h5-8,10-11,13-14H,9H2,1-4H3;3,6H,1-2H3;/q-1;;/b;4-3-;/i1D3;;. The van der Waals surface area contributed by atoms with Crippen molar-refractivity contribution in [3.8, 4) is 11.3 Å². The molecule has 2 aromatic carbocycles. The molecule has 0 amide bonds. The molecule has 1 heterocycles. The molecule has 0 aliphatic heterocycles. The molecular formula is C26H30IrNO2-. The van der Waals surface area contributed by atoms with E-state index in [2.05, 4.69) is 31.2 Å². The molecule has 30 heavy (non-hydrogen) atoms. The number of pyridine rings is 1.